The van der Waals surface area contributed by atoms with Gasteiger partial charge in [0, 0.05) is 15.1 Å². The van der Waals surface area contributed by atoms with E-state index in [1.54, 1.807) is 0 Å². The van der Waals surface area contributed by atoms with Crippen molar-refractivity contribution in [2.75, 3.05) is 7.05 Å². The van der Waals surface area contributed by atoms with Crippen LogP contribution in [-0.2, 0) is 0 Å². The molecule has 1 N–H and O–H groups in total. The van der Waals surface area contributed by atoms with E-state index in [4.69, 9.17) is 0 Å². The normalized spacial score (nSPS) is 13.3. The van der Waals surface area contributed by atoms with Crippen LogP contribution in [0.4, 0.5) is 0 Å². The van der Waals surface area contributed by atoms with Gasteiger partial charge >= 0.3 is 0 Å². The van der Waals surface area contributed by atoms with Gasteiger partial charge in [-0.25, -0.2) is 0 Å². The number of nitrogens with one attached hydrogen (secondary N) is 1. The molecule has 0 aromatic carbocycles. The van der Waals surface area contributed by atoms with Crippen LogP contribution in [0.25, 0.3) is 0 Å². The third-order valence-corrected chi connectivity index (χ3v) is 3.18. The zero-order valence-electron chi connectivity index (χ0n) is 8.51. The molecular weight excluding hydrogens is 308 g/mol. The third kappa shape index (κ3) is 2.78. The number of pyridine rings is 1. The number of aromatic nitrogens is 1. The van der Waals surface area contributed by atoms with Gasteiger partial charge < -0.3 is 5.32 Å². The van der Waals surface area contributed by atoms with Crippen molar-refractivity contribution in [3.63, 3.8) is 0 Å². The standard InChI is InChI=1S/C10H14Br2N2/c1-6(2)9(13-3)10-8(12)4-7(11)5-14-10/h4-6,9,13H,1-3H3. The molecule has 78 valence electrons. The predicted molar refractivity (Wildman–Crippen MR) is 66.3 cm³/mol. The molecule has 1 aromatic rings. The van der Waals surface area contributed by atoms with Crippen LogP contribution < -0.4 is 5.32 Å². The van der Waals surface area contributed by atoms with Crippen molar-refractivity contribution < 1.29 is 0 Å². The van der Waals surface area contributed by atoms with E-state index in [0.717, 1.165) is 14.6 Å². The summed E-state index contributed by atoms with van der Waals surface area (Å²) in [7, 11) is 1.96. The van der Waals surface area contributed by atoms with Crippen molar-refractivity contribution in [1.29, 1.82) is 0 Å². The van der Waals surface area contributed by atoms with E-state index < -0.39 is 0 Å². The maximum absolute atomic E-state index is 4.41. The molecule has 0 saturated carbocycles. The predicted octanol–water partition coefficient (Wildman–Crippen LogP) is 3.52. The lowest BCUT2D eigenvalue weighted by molar-refractivity contribution is 0.432. The molecule has 0 radical (unpaired) electrons. The molecule has 0 saturated heterocycles. The first-order chi connectivity index (χ1) is 6.56. The molecule has 1 aromatic heterocycles. The van der Waals surface area contributed by atoms with Gasteiger partial charge in [-0.2, -0.15) is 0 Å². The Bertz CT molecular complexity index is 313. The fraction of sp³-hybridized carbons (Fsp3) is 0.500. The molecule has 0 aliphatic carbocycles. The molecule has 0 amide bonds. The van der Waals surface area contributed by atoms with E-state index in [1.807, 2.05) is 19.3 Å². The Morgan fingerprint density at radius 2 is 2.00 bits per heavy atom. The highest BCUT2D eigenvalue weighted by Crippen LogP contribution is 2.28. The van der Waals surface area contributed by atoms with Gasteiger partial charge in [0.1, 0.15) is 0 Å². The van der Waals surface area contributed by atoms with E-state index in [9.17, 15) is 0 Å². The van der Waals surface area contributed by atoms with Gasteiger partial charge in [0.05, 0.1) is 11.7 Å². The zero-order chi connectivity index (χ0) is 10.7. The van der Waals surface area contributed by atoms with Gasteiger partial charge in [0.25, 0.3) is 0 Å². The summed E-state index contributed by atoms with van der Waals surface area (Å²) in [6.45, 7) is 4.36. The van der Waals surface area contributed by atoms with Crippen LogP contribution in [0.1, 0.15) is 25.6 Å². The van der Waals surface area contributed by atoms with Crippen LogP contribution in [0.2, 0.25) is 0 Å². The smallest absolute Gasteiger partial charge is 0.0718 e. The number of hydrogen-bond donors (Lipinski definition) is 1. The molecule has 0 aliphatic heterocycles. The van der Waals surface area contributed by atoms with E-state index in [2.05, 4.69) is 56.0 Å². The van der Waals surface area contributed by atoms with Crippen LogP contribution in [0.15, 0.2) is 21.2 Å². The fourth-order valence-electron chi connectivity index (χ4n) is 1.44. The summed E-state index contributed by atoms with van der Waals surface area (Å²) in [4.78, 5) is 4.41. The SMILES string of the molecule is CNC(c1ncc(Br)cc1Br)C(C)C. The number of nitrogens with zero attached hydrogens (tertiary/aromatic N) is 1. The van der Waals surface area contributed by atoms with Gasteiger partial charge in [-0.3, -0.25) is 4.98 Å². The summed E-state index contributed by atoms with van der Waals surface area (Å²) >= 11 is 6.92. The topological polar surface area (TPSA) is 24.9 Å². The van der Waals surface area contributed by atoms with Gasteiger partial charge in [0.2, 0.25) is 0 Å². The van der Waals surface area contributed by atoms with Crippen LogP contribution >= 0.6 is 31.9 Å². The summed E-state index contributed by atoms with van der Waals surface area (Å²) in [5.74, 6) is 0.518. The van der Waals surface area contributed by atoms with Crippen LogP contribution in [0, 0.1) is 5.92 Å². The first-order valence-electron chi connectivity index (χ1n) is 4.54. The van der Waals surface area contributed by atoms with Crippen molar-refractivity contribution in [2.45, 2.75) is 19.9 Å². The second kappa shape index (κ2) is 5.24. The average molecular weight is 322 g/mol. The van der Waals surface area contributed by atoms with Crippen LogP contribution in [-0.4, -0.2) is 12.0 Å². The molecule has 2 nitrogen and oxygen atoms in total. The highest BCUT2D eigenvalue weighted by Gasteiger charge is 2.17. The van der Waals surface area contributed by atoms with Gasteiger partial charge in [-0.1, -0.05) is 13.8 Å². The lowest BCUT2D eigenvalue weighted by Crippen LogP contribution is -2.23. The molecule has 0 aliphatic rings. The van der Waals surface area contributed by atoms with E-state index in [0.29, 0.717) is 5.92 Å². The highest BCUT2D eigenvalue weighted by molar-refractivity contribution is 9.11. The van der Waals surface area contributed by atoms with Crippen molar-refractivity contribution in [3.05, 3.63) is 26.9 Å². The third-order valence-electron chi connectivity index (χ3n) is 2.11. The summed E-state index contributed by atoms with van der Waals surface area (Å²) in [6, 6.07) is 2.31. The lowest BCUT2D eigenvalue weighted by Gasteiger charge is -2.20. The Balaban J connectivity index is 3.04. The second-order valence-electron chi connectivity index (χ2n) is 3.53. The maximum Gasteiger partial charge on any atom is 0.0718 e. The average Bonchev–Trinajstić information content (AvgIpc) is 2.09. The van der Waals surface area contributed by atoms with E-state index in [-0.39, 0.29) is 6.04 Å². The summed E-state index contributed by atoms with van der Waals surface area (Å²) < 4.78 is 2.03. The second-order valence-corrected chi connectivity index (χ2v) is 5.30. The van der Waals surface area contributed by atoms with Gasteiger partial charge in [0.15, 0.2) is 0 Å². The number of hydrogen-bond acceptors (Lipinski definition) is 2. The first-order valence-corrected chi connectivity index (χ1v) is 6.13. The van der Waals surface area contributed by atoms with Gasteiger partial charge in [-0.05, 0) is 50.9 Å². The number of rotatable bonds is 3. The monoisotopic (exact) mass is 320 g/mol. The largest absolute Gasteiger partial charge is 0.311 e. The summed E-state index contributed by atoms with van der Waals surface area (Å²) in [5, 5.41) is 3.27. The van der Waals surface area contributed by atoms with Crippen molar-refractivity contribution >= 4 is 31.9 Å². The van der Waals surface area contributed by atoms with Gasteiger partial charge in [-0.15, -0.1) is 0 Å². The maximum atomic E-state index is 4.41. The molecule has 1 unspecified atom stereocenters. The number of halogens is 2. The van der Waals surface area contributed by atoms with Crippen molar-refractivity contribution in [2.24, 2.45) is 5.92 Å². The Morgan fingerprint density at radius 1 is 1.36 bits per heavy atom. The molecule has 1 heterocycles. The molecule has 0 fully saturated rings. The molecule has 0 bridgehead atoms. The molecule has 4 heteroatoms. The highest BCUT2D eigenvalue weighted by atomic mass is 79.9. The van der Waals surface area contributed by atoms with Crippen LogP contribution in [0.5, 0.6) is 0 Å². The Labute approximate surface area is 102 Å². The Hall–Kier alpha value is 0.0700. The quantitative estimate of drug-likeness (QED) is 0.921. The molecule has 1 rings (SSSR count). The Morgan fingerprint density at radius 3 is 2.43 bits per heavy atom. The minimum atomic E-state index is 0.289. The molecule has 1 atom stereocenters. The zero-order valence-corrected chi connectivity index (χ0v) is 11.7. The lowest BCUT2D eigenvalue weighted by atomic mass is 10.0. The van der Waals surface area contributed by atoms with E-state index >= 15 is 0 Å². The summed E-state index contributed by atoms with van der Waals surface area (Å²) in [6.07, 6.45) is 1.83. The fourth-order valence-corrected chi connectivity index (χ4v) is 2.67. The molecule has 14 heavy (non-hydrogen) atoms. The molecule has 0 spiro atoms. The minimum absolute atomic E-state index is 0.289. The molecular formula is C10H14Br2N2. The summed E-state index contributed by atoms with van der Waals surface area (Å²) in [5.41, 5.74) is 1.06. The minimum Gasteiger partial charge on any atom is -0.311 e. The van der Waals surface area contributed by atoms with E-state index in [1.165, 1.54) is 0 Å². The van der Waals surface area contributed by atoms with Crippen LogP contribution in [0.3, 0.4) is 0 Å². The van der Waals surface area contributed by atoms with Crippen molar-refractivity contribution in [1.82, 2.24) is 10.3 Å². The first kappa shape index (κ1) is 12.1. The Kier molecular flexibility index (Phi) is 4.54. The van der Waals surface area contributed by atoms with Crippen molar-refractivity contribution in [3.8, 4) is 0 Å².